The van der Waals surface area contributed by atoms with Crippen molar-refractivity contribution in [2.24, 2.45) is 5.41 Å². The van der Waals surface area contributed by atoms with Crippen molar-refractivity contribution in [2.45, 2.75) is 0 Å². The third-order valence-corrected chi connectivity index (χ3v) is 26.9. The molecule has 8 nitrogen and oxygen atoms in total. The Bertz CT molecular complexity index is 3830. The first kappa shape index (κ1) is 48.8. The van der Waals surface area contributed by atoms with E-state index >= 15 is 18.3 Å². The zero-order valence-electron chi connectivity index (χ0n) is 42.0. The Labute approximate surface area is 445 Å². The van der Waals surface area contributed by atoms with Gasteiger partial charge in [-0.15, -0.1) is 0 Å². The van der Waals surface area contributed by atoms with E-state index in [1.54, 1.807) is 0 Å². The molecule has 1 spiro atoms. The molecule has 12 heteroatoms. The fraction of sp³-hybridized carbons (Fsp3) is 0.138. The zero-order chi connectivity index (χ0) is 52.0. The SMILES string of the molecule is O=P1(CCP(=O)(c2c3ccccc3cc3ccccc23)c2c3ccccc3cc3ccccc23)OCC2(CO1)COP(=O)(CCP(=O)(c1c3ccccc3cc3ccccc13)c1c3ccccc3cc3ccccc13)OC2. The molecular formula is C65H52O8P4. The van der Waals surface area contributed by atoms with Crippen molar-refractivity contribution in [3.05, 3.63) is 218 Å². The third-order valence-electron chi connectivity index (χ3n) is 16.1. The molecule has 0 aromatic heterocycles. The second kappa shape index (κ2) is 18.8. The van der Waals surface area contributed by atoms with Gasteiger partial charge in [0.1, 0.15) is 14.3 Å². The number of fused-ring (bicyclic) bond motifs is 8. The van der Waals surface area contributed by atoms with E-state index in [0.717, 1.165) is 107 Å². The topological polar surface area (TPSA) is 105 Å². The Morgan fingerprint density at radius 2 is 0.494 bits per heavy atom. The fourth-order valence-corrected chi connectivity index (χ4v) is 25.1. The van der Waals surface area contributed by atoms with Crippen LogP contribution in [0.1, 0.15) is 0 Å². The lowest BCUT2D eigenvalue weighted by molar-refractivity contribution is -0.0680. The van der Waals surface area contributed by atoms with Gasteiger partial charge in [0.2, 0.25) is 0 Å². The van der Waals surface area contributed by atoms with E-state index in [4.69, 9.17) is 18.1 Å². The van der Waals surface area contributed by atoms with Crippen molar-refractivity contribution < 1.29 is 36.4 Å². The van der Waals surface area contributed by atoms with Gasteiger partial charge in [0.05, 0.1) is 44.2 Å². The minimum Gasteiger partial charge on any atom is -0.314 e. The number of rotatable bonds is 10. The summed E-state index contributed by atoms with van der Waals surface area (Å²) in [5.74, 6) is 0. The molecule has 2 fully saturated rings. The summed E-state index contributed by atoms with van der Waals surface area (Å²) in [5.41, 5.74) is -0.926. The molecular weight excluding hydrogens is 1030 g/mol. The predicted octanol–water partition coefficient (Wildman–Crippen LogP) is 15.7. The van der Waals surface area contributed by atoms with E-state index in [2.05, 4.69) is 72.8 Å². The molecule has 0 radical (unpaired) electrons. The van der Waals surface area contributed by atoms with Gasteiger partial charge in [0.25, 0.3) is 0 Å². The standard InChI is InChI=1S/C65H52O8P4/c66-74(61-53-25-9-1-17-45(53)37-46-18-2-10-26-54(46)61,62-55-27-11-3-19-47(55)38-48-20-4-12-28-56(48)62)33-35-76(68)70-41-65(42-71-76)43-72-77(69,73-44-65)36-34-75(67,63-57-29-13-5-21-49(57)39-50-22-6-14-30-58(50)63)64-59-31-15-7-23-51(59)40-52-24-8-16-32-60(52)64/h1-32,37-40H,33-36,41-44H2. The highest BCUT2D eigenvalue weighted by atomic mass is 31.2. The first-order valence-electron chi connectivity index (χ1n) is 26.1. The predicted molar refractivity (Wildman–Crippen MR) is 320 cm³/mol. The molecule has 0 amide bonds. The summed E-state index contributed by atoms with van der Waals surface area (Å²) in [4.78, 5) is 0. The summed E-state index contributed by atoms with van der Waals surface area (Å²) in [6.07, 6.45) is -0.214. The summed E-state index contributed by atoms with van der Waals surface area (Å²) in [6.45, 7) is -0.201. The molecule has 0 unspecified atom stereocenters. The number of hydrogen-bond donors (Lipinski definition) is 0. The van der Waals surface area contributed by atoms with E-state index < -0.39 is 34.9 Å². The maximum atomic E-state index is 17.1. The van der Waals surface area contributed by atoms with Gasteiger partial charge in [-0.2, -0.15) is 0 Å². The second-order valence-electron chi connectivity index (χ2n) is 20.9. The third kappa shape index (κ3) is 8.28. The summed E-state index contributed by atoms with van der Waals surface area (Å²) in [7, 11) is -15.3. The average molecular weight is 1090 g/mol. The van der Waals surface area contributed by atoms with Crippen molar-refractivity contribution in [1.82, 2.24) is 0 Å². The van der Waals surface area contributed by atoms with Crippen LogP contribution in [0.4, 0.5) is 0 Å². The zero-order valence-corrected chi connectivity index (χ0v) is 45.6. The highest BCUT2D eigenvalue weighted by molar-refractivity contribution is 7.81. The van der Waals surface area contributed by atoms with Gasteiger partial charge in [-0.3, -0.25) is 9.13 Å². The average Bonchev–Trinajstić information content (AvgIpc) is 3.65. The molecule has 2 heterocycles. The highest BCUT2D eigenvalue weighted by Gasteiger charge is 2.50. The quantitative estimate of drug-likeness (QED) is 0.0985. The van der Waals surface area contributed by atoms with Gasteiger partial charge < -0.3 is 27.2 Å². The molecule has 0 saturated carbocycles. The van der Waals surface area contributed by atoms with E-state index in [9.17, 15) is 0 Å². The molecule has 14 rings (SSSR count). The van der Waals surface area contributed by atoms with E-state index in [-0.39, 0.29) is 51.1 Å². The van der Waals surface area contributed by atoms with Crippen LogP contribution in [-0.2, 0) is 36.4 Å². The Morgan fingerprint density at radius 1 is 0.312 bits per heavy atom. The smallest absolute Gasteiger partial charge is 0.314 e. The molecule has 2 aliphatic heterocycles. The Morgan fingerprint density at radius 3 is 0.688 bits per heavy atom. The fourth-order valence-electron chi connectivity index (χ4n) is 12.2. The normalized spacial score (nSPS) is 20.4. The van der Waals surface area contributed by atoms with Crippen LogP contribution >= 0.6 is 29.5 Å². The molecule has 0 bridgehead atoms. The van der Waals surface area contributed by atoms with Crippen LogP contribution in [0.15, 0.2) is 218 Å². The van der Waals surface area contributed by atoms with Crippen molar-refractivity contribution in [1.29, 1.82) is 0 Å². The molecule has 12 aromatic carbocycles. The minimum atomic E-state index is -3.89. The van der Waals surface area contributed by atoms with Gasteiger partial charge in [-0.1, -0.05) is 194 Å². The van der Waals surface area contributed by atoms with Gasteiger partial charge in [-0.05, 0) is 110 Å². The molecule has 77 heavy (non-hydrogen) atoms. The van der Waals surface area contributed by atoms with Crippen molar-refractivity contribution in [3.8, 4) is 0 Å². The summed E-state index contributed by atoms with van der Waals surface area (Å²) < 4.78 is 89.7. The molecule has 2 saturated heterocycles. The van der Waals surface area contributed by atoms with Gasteiger partial charge in [0.15, 0.2) is 0 Å². The van der Waals surface area contributed by atoms with Crippen LogP contribution in [0.3, 0.4) is 0 Å². The van der Waals surface area contributed by atoms with Crippen LogP contribution in [0, 0.1) is 5.41 Å². The van der Waals surface area contributed by atoms with Gasteiger partial charge >= 0.3 is 15.2 Å². The summed E-state index contributed by atoms with van der Waals surface area (Å²) in [6, 6.07) is 73.1. The highest BCUT2D eigenvalue weighted by Crippen LogP contribution is 2.63. The number of benzene rings is 12. The molecule has 2 aliphatic rings. The first-order valence-corrected chi connectivity index (χ1v) is 33.4. The molecule has 0 aliphatic carbocycles. The molecule has 0 atom stereocenters. The van der Waals surface area contributed by atoms with E-state index in [0.29, 0.717) is 0 Å². The Kier molecular flexibility index (Phi) is 12.0. The molecule has 12 aromatic rings. The van der Waals surface area contributed by atoms with E-state index in [1.807, 2.05) is 146 Å². The maximum Gasteiger partial charge on any atom is 0.331 e. The van der Waals surface area contributed by atoms with Crippen molar-refractivity contribution >= 4 is 137 Å². The van der Waals surface area contributed by atoms with Gasteiger partial charge in [0, 0.05) is 33.5 Å². The van der Waals surface area contributed by atoms with Crippen LogP contribution in [0.25, 0.3) is 86.2 Å². The first-order chi connectivity index (χ1) is 37.5. The lowest BCUT2D eigenvalue weighted by Crippen LogP contribution is -2.46. The largest absolute Gasteiger partial charge is 0.331 e. The lowest BCUT2D eigenvalue weighted by Gasteiger charge is -2.43. The van der Waals surface area contributed by atoms with Crippen molar-refractivity contribution in [3.63, 3.8) is 0 Å². The monoisotopic (exact) mass is 1080 g/mol. The lowest BCUT2D eigenvalue weighted by atomic mass is 9.93. The Balaban J connectivity index is 0.779. The van der Waals surface area contributed by atoms with Crippen LogP contribution in [0.2, 0.25) is 0 Å². The summed E-state index contributed by atoms with van der Waals surface area (Å²) >= 11 is 0. The summed E-state index contributed by atoms with van der Waals surface area (Å²) in [5, 5.41) is 17.6. The molecule has 0 N–H and O–H groups in total. The van der Waals surface area contributed by atoms with Crippen LogP contribution in [-0.4, -0.2) is 51.1 Å². The second-order valence-corrected chi connectivity index (χ2v) is 30.9. The Hall–Kier alpha value is -6.52. The maximum absolute atomic E-state index is 17.1. The molecule has 380 valence electrons. The van der Waals surface area contributed by atoms with Crippen LogP contribution in [0.5, 0.6) is 0 Å². The minimum absolute atomic E-state index is 0.00745. The van der Waals surface area contributed by atoms with E-state index in [1.165, 1.54) is 0 Å². The van der Waals surface area contributed by atoms with Crippen LogP contribution < -0.4 is 21.2 Å². The number of hydrogen-bond acceptors (Lipinski definition) is 8. The van der Waals surface area contributed by atoms with Crippen molar-refractivity contribution in [2.75, 3.05) is 51.1 Å². The van der Waals surface area contributed by atoms with Gasteiger partial charge in [-0.25, -0.2) is 0 Å².